The van der Waals surface area contributed by atoms with Gasteiger partial charge in [0.25, 0.3) is 0 Å². The van der Waals surface area contributed by atoms with Crippen molar-refractivity contribution in [1.29, 1.82) is 5.26 Å². The maximum atomic E-state index is 14.9. The van der Waals surface area contributed by atoms with E-state index < -0.39 is 11.7 Å². The molecule has 0 radical (unpaired) electrons. The molecule has 0 unspecified atom stereocenters. The molecule has 0 saturated heterocycles. The second-order valence-electron chi connectivity index (χ2n) is 7.94. The molecule has 2 aromatic carbocycles. The van der Waals surface area contributed by atoms with E-state index in [2.05, 4.69) is 6.07 Å². The molecule has 1 aliphatic carbocycles. The Bertz CT molecular complexity index is 1130. The van der Waals surface area contributed by atoms with E-state index in [1.165, 1.54) is 12.1 Å². The quantitative estimate of drug-likeness (QED) is 0.769. The number of rotatable bonds is 3. The summed E-state index contributed by atoms with van der Waals surface area (Å²) in [5.41, 5.74) is 8.77. The molecule has 7 heteroatoms. The molecule has 0 saturated carbocycles. The number of ketones is 1. The molecule has 2 aromatic rings. The summed E-state index contributed by atoms with van der Waals surface area (Å²) >= 11 is 6.36. The lowest BCUT2D eigenvalue weighted by molar-refractivity contribution is -0.117. The Labute approximate surface area is 185 Å². The van der Waals surface area contributed by atoms with Gasteiger partial charge in [0.2, 0.25) is 0 Å². The first-order valence-electron chi connectivity index (χ1n) is 9.97. The molecule has 0 spiro atoms. The minimum Gasteiger partial charge on any atom is -0.383 e. The van der Waals surface area contributed by atoms with Gasteiger partial charge in [0, 0.05) is 42.4 Å². The van der Waals surface area contributed by atoms with Gasteiger partial charge in [-0.05, 0) is 30.0 Å². The number of carbonyl (C=O) groups is 1. The fraction of sp³-hybridized carbons (Fsp3) is 0.250. The van der Waals surface area contributed by atoms with Crippen molar-refractivity contribution in [3.8, 4) is 6.07 Å². The van der Waals surface area contributed by atoms with E-state index in [4.69, 9.17) is 17.3 Å². The highest BCUT2D eigenvalue weighted by Gasteiger charge is 2.44. The summed E-state index contributed by atoms with van der Waals surface area (Å²) in [6, 6.07) is 16.3. The Hall–Kier alpha value is -3.14. The van der Waals surface area contributed by atoms with Crippen LogP contribution < -0.4 is 5.73 Å². The van der Waals surface area contributed by atoms with Gasteiger partial charge in [0.1, 0.15) is 11.6 Å². The normalized spacial score (nSPS) is 21.4. The number of benzene rings is 2. The van der Waals surface area contributed by atoms with Gasteiger partial charge in [-0.15, -0.1) is 0 Å². The van der Waals surface area contributed by atoms with Crippen molar-refractivity contribution in [2.45, 2.75) is 24.7 Å². The lowest BCUT2D eigenvalue weighted by Crippen LogP contribution is -2.46. The monoisotopic (exact) mass is 436 g/mol. The number of hydrogen-bond donors (Lipinski definition) is 1. The molecule has 5 nitrogen and oxygen atoms in total. The molecule has 2 N–H and O–H groups in total. The Morgan fingerprint density at radius 1 is 1.16 bits per heavy atom. The highest BCUT2D eigenvalue weighted by Crippen LogP contribution is 2.49. The number of halogens is 2. The van der Waals surface area contributed by atoms with Crippen LogP contribution >= 0.6 is 11.6 Å². The molecule has 0 bridgehead atoms. The second-order valence-corrected chi connectivity index (χ2v) is 8.34. The molecular weight excluding hydrogens is 415 g/mol. The van der Waals surface area contributed by atoms with Crippen LogP contribution in [0.3, 0.4) is 0 Å². The SMILES string of the molecule is CN(C)N1C(N)=C(C#N)[C@H](c2c(F)cccc2Cl)C2=C1C[C@H](c1ccccc1)CC2=O. The highest BCUT2D eigenvalue weighted by molar-refractivity contribution is 6.31. The van der Waals surface area contributed by atoms with E-state index in [9.17, 15) is 14.4 Å². The number of hydrogen-bond acceptors (Lipinski definition) is 5. The lowest BCUT2D eigenvalue weighted by Gasteiger charge is -2.44. The summed E-state index contributed by atoms with van der Waals surface area (Å²) in [5.74, 6) is -1.50. The maximum absolute atomic E-state index is 14.9. The van der Waals surface area contributed by atoms with Crippen molar-refractivity contribution in [3.63, 3.8) is 0 Å². The van der Waals surface area contributed by atoms with Crippen LogP contribution in [0.5, 0.6) is 0 Å². The zero-order valence-electron chi connectivity index (χ0n) is 17.3. The third-order valence-electron chi connectivity index (χ3n) is 5.90. The predicted octanol–water partition coefficient (Wildman–Crippen LogP) is 4.45. The van der Waals surface area contributed by atoms with Gasteiger partial charge in [-0.2, -0.15) is 5.26 Å². The van der Waals surface area contributed by atoms with Crippen molar-refractivity contribution in [3.05, 3.63) is 93.2 Å². The summed E-state index contributed by atoms with van der Waals surface area (Å²) in [6.45, 7) is 0. The molecule has 0 fully saturated rings. The van der Waals surface area contributed by atoms with Crippen LogP contribution in [0.4, 0.5) is 4.39 Å². The van der Waals surface area contributed by atoms with Crippen molar-refractivity contribution in [1.82, 2.24) is 10.0 Å². The predicted molar refractivity (Wildman–Crippen MR) is 117 cm³/mol. The number of nitrogens with two attached hydrogens (primary N) is 1. The van der Waals surface area contributed by atoms with E-state index in [1.807, 2.05) is 30.3 Å². The molecular formula is C24H22ClFN4O. The van der Waals surface area contributed by atoms with E-state index in [-0.39, 0.29) is 40.1 Å². The zero-order valence-corrected chi connectivity index (χ0v) is 18.0. The molecule has 31 heavy (non-hydrogen) atoms. The van der Waals surface area contributed by atoms with Crippen LogP contribution in [0.2, 0.25) is 5.02 Å². The van der Waals surface area contributed by atoms with Crippen molar-refractivity contribution < 1.29 is 9.18 Å². The fourth-order valence-electron chi connectivity index (χ4n) is 4.60. The van der Waals surface area contributed by atoms with Crippen LogP contribution in [0.15, 0.2) is 71.2 Å². The maximum Gasteiger partial charge on any atom is 0.162 e. The Morgan fingerprint density at radius 2 is 1.87 bits per heavy atom. The van der Waals surface area contributed by atoms with Gasteiger partial charge in [-0.3, -0.25) is 9.80 Å². The summed E-state index contributed by atoms with van der Waals surface area (Å²) in [5, 5.41) is 13.5. The smallest absolute Gasteiger partial charge is 0.162 e. The molecule has 0 aromatic heterocycles. The first kappa shape index (κ1) is 21.1. The topological polar surface area (TPSA) is 73.4 Å². The summed E-state index contributed by atoms with van der Waals surface area (Å²) in [6.07, 6.45) is 0.802. The second kappa shape index (κ2) is 8.18. The van der Waals surface area contributed by atoms with E-state index in [0.29, 0.717) is 17.7 Å². The number of nitrogens with zero attached hydrogens (tertiary/aromatic N) is 3. The largest absolute Gasteiger partial charge is 0.383 e. The van der Waals surface area contributed by atoms with E-state index in [1.54, 1.807) is 30.2 Å². The minimum atomic E-state index is -0.936. The van der Waals surface area contributed by atoms with Gasteiger partial charge < -0.3 is 5.73 Å². The van der Waals surface area contributed by atoms with Crippen molar-refractivity contribution in [2.24, 2.45) is 5.73 Å². The van der Waals surface area contributed by atoms with Crippen LogP contribution in [0, 0.1) is 17.1 Å². The van der Waals surface area contributed by atoms with Crippen LogP contribution in [-0.2, 0) is 4.79 Å². The van der Waals surface area contributed by atoms with Gasteiger partial charge in [0.15, 0.2) is 5.78 Å². The first-order chi connectivity index (χ1) is 14.8. The van der Waals surface area contributed by atoms with Crippen LogP contribution in [0.1, 0.15) is 35.8 Å². The highest BCUT2D eigenvalue weighted by atomic mass is 35.5. The first-order valence-corrected chi connectivity index (χ1v) is 10.3. The van der Waals surface area contributed by atoms with E-state index >= 15 is 0 Å². The molecule has 1 aliphatic heterocycles. The Morgan fingerprint density at radius 3 is 2.48 bits per heavy atom. The van der Waals surface area contributed by atoms with Gasteiger partial charge in [-0.25, -0.2) is 9.40 Å². The molecule has 2 aliphatic rings. The molecule has 2 atom stereocenters. The van der Waals surface area contributed by atoms with E-state index in [0.717, 1.165) is 5.56 Å². The fourth-order valence-corrected chi connectivity index (χ4v) is 4.88. The minimum absolute atomic E-state index is 0.0388. The van der Waals surface area contributed by atoms with Crippen molar-refractivity contribution >= 4 is 17.4 Å². The molecule has 4 rings (SSSR count). The van der Waals surface area contributed by atoms with Gasteiger partial charge >= 0.3 is 0 Å². The van der Waals surface area contributed by atoms with Crippen LogP contribution in [-0.4, -0.2) is 29.9 Å². The van der Waals surface area contributed by atoms with Gasteiger partial charge in [0.05, 0.1) is 17.6 Å². The number of Topliss-reactive ketones (excluding diaryl/α,β-unsaturated/α-hetero) is 1. The summed E-state index contributed by atoms with van der Waals surface area (Å²) in [4.78, 5) is 13.5. The van der Waals surface area contributed by atoms with Crippen molar-refractivity contribution in [2.75, 3.05) is 14.1 Å². The van der Waals surface area contributed by atoms with Gasteiger partial charge in [-0.1, -0.05) is 48.0 Å². The average Bonchev–Trinajstić information content (AvgIpc) is 2.73. The number of carbonyl (C=O) groups excluding carboxylic acids is 1. The summed E-state index contributed by atoms with van der Waals surface area (Å²) < 4.78 is 14.9. The third kappa shape index (κ3) is 3.50. The summed E-state index contributed by atoms with van der Waals surface area (Å²) in [7, 11) is 3.58. The Balaban J connectivity index is 1.95. The molecule has 0 amide bonds. The Kier molecular flexibility index (Phi) is 5.57. The number of nitriles is 1. The lowest BCUT2D eigenvalue weighted by atomic mass is 9.72. The molecule has 158 valence electrons. The average molecular weight is 437 g/mol. The standard InChI is InChI=1S/C24H22ClFN4O/c1-29(2)30-19-11-15(14-7-4-3-5-8-14)12-20(31)23(19)21(16(13-27)24(30)28)22-17(25)9-6-10-18(22)26/h3-10,15,21H,11-12,28H2,1-2H3/t15-,21+/m0/s1. The third-order valence-corrected chi connectivity index (χ3v) is 6.23. The number of allylic oxidation sites excluding steroid dienone is 3. The van der Waals surface area contributed by atoms with Crippen LogP contribution in [0.25, 0.3) is 0 Å². The number of hydrazine groups is 1. The molecule has 1 heterocycles. The zero-order chi connectivity index (χ0) is 22.3.